The SMILES string of the molecule is CCCCOc1ccc(NC(=O)[C@@]2(OCC)CCC[C@@H](C)C2)cn1. The molecule has 1 aliphatic carbocycles. The molecule has 1 aromatic heterocycles. The normalized spacial score (nSPS) is 23.7. The number of rotatable bonds is 8. The molecule has 24 heavy (non-hydrogen) atoms. The average Bonchev–Trinajstić information content (AvgIpc) is 2.57. The van der Waals surface area contributed by atoms with Gasteiger partial charge < -0.3 is 14.8 Å². The lowest BCUT2D eigenvalue weighted by molar-refractivity contribution is -0.147. The number of amides is 1. The first-order valence-corrected chi connectivity index (χ1v) is 9.14. The molecule has 0 saturated heterocycles. The highest BCUT2D eigenvalue weighted by Crippen LogP contribution is 2.36. The number of carbonyl (C=O) groups is 1. The second-order valence-corrected chi connectivity index (χ2v) is 6.67. The Bertz CT molecular complexity index is 514. The summed E-state index contributed by atoms with van der Waals surface area (Å²) in [5, 5.41) is 2.97. The van der Waals surface area contributed by atoms with E-state index in [0.717, 1.165) is 38.5 Å². The van der Waals surface area contributed by atoms with Gasteiger partial charge in [-0.1, -0.05) is 26.7 Å². The molecule has 1 amide bonds. The van der Waals surface area contributed by atoms with Crippen molar-refractivity contribution < 1.29 is 14.3 Å². The zero-order valence-corrected chi connectivity index (χ0v) is 15.1. The highest BCUT2D eigenvalue weighted by atomic mass is 16.5. The third-order valence-corrected chi connectivity index (χ3v) is 4.53. The van der Waals surface area contributed by atoms with Gasteiger partial charge in [-0.3, -0.25) is 4.79 Å². The Morgan fingerprint density at radius 1 is 1.42 bits per heavy atom. The highest BCUT2D eigenvalue weighted by Gasteiger charge is 2.42. The summed E-state index contributed by atoms with van der Waals surface area (Å²) < 4.78 is 11.5. The molecular weight excluding hydrogens is 304 g/mol. The van der Waals surface area contributed by atoms with Crippen LogP contribution in [0.2, 0.25) is 0 Å². The van der Waals surface area contributed by atoms with Crippen molar-refractivity contribution in [2.45, 2.75) is 64.9 Å². The molecule has 1 N–H and O–H groups in total. The molecule has 2 atom stereocenters. The summed E-state index contributed by atoms with van der Waals surface area (Å²) in [7, 11) is 0. The van der Waals surface area contributed by atoms with Gasteiger partial charge in [0.25, 0.3) is 5.91 Å². The second-order valence-electron chi connectivity index (χ2n) is 6.67. The average molecular weight is 334 g/mol. The zero-order valence-electron chi connectivity index (χ0n) is 15.1. The van der Waals surface area contributed by atoms with E-state index in [9.17, 15) is 4.79 Å². The Morgan fingerprint density at radius 2 is 2.25 bits per heavy atom. The smallest absolute Gasteiger partial charge is 0.256 e. The van der Waals surface area contributed by atoms with Crippen LogP contribution in [-0.4, -0.2) is 29.7 Å². The Balaban J connectivity index is 1.98. The number of carbonyl (C=O) groups excluding carboxylic acids is 1. The maximum absolute atomic E-state index is 12.8. The molecule has 5 heteroatoms. The van der Waals surface area contributed by atoms with Gasteiger partial charge in [-0.25, -0.2) is 4.98 Å². The van der Waals surface area contributed by atoms with E-state index in [1.807, 2.05) is 13.0 Å². The standard InChI is InChI=1S/C19H30N2O3/c1-4-6-12-23-17-10-9-16(14-20-17)21-18(22)19(24-5-2)11-7-8-15(3)13-19/h9-10,14-15H,4-8,11-13H2,1-3H3,(H,21,22)/t15-,19-/m1/s1. The third-order valence-electron chi connectivity index (χ3n) is 4.53. The van der Waals surface area contributed by atoms with Crippen molar-refractivity contribution in [2.75, 3.05) is 18.5 Å². The maximum atomic E-state index is 12.8. The van der Waals surface area contributed by atoms with Crippen LogP contribution < -0.4 is 10.1 Å². The Hall–Kier alpha value is -1.62. The number of anilines is 1. The van der Waals surface area contributed by atoms with E-state index in [-0.39, 0.29) is 5.91 Å². The zero-order chi connectivity index (χ0) is 17.4. The van der Waals surface area contributed by atoms with Gasteiger partial charge in [0.15, 0.2) is 0 Å². The fourth-order valence-electron chi connectivity index (χ4n) is 3.29. The molecule has 1 aromatic rings. The van der Waals surface area contributed by atoms with Crippen LogP contribution in [0, 0.1) is 5.92 Å². The van der Waals surface area contributed by atoms with Crippen molar-refractivity contribution in [2.24, 2.45) is 5.92 Å². The first-order chi connectivity index (χ1) is 11.6. The van der Waals surface area contributed by atoms with Crippen molar-refractivity contribution in [3.05, 3.63) is 18.3 Å². The monoisotopic (exact) mass is 334 g/mol. The third kappa shape index (κ3) is 4.94. The molecule has 0 aliphatic heterocycles. The van der Waals surface area contributed by atoms with E-state index >= 15 is 0 Å². The van der Waals surface area contributed by atoms with Crippen LogP contribution in [0.5, 0.6) is 5.88 Å². The minimum Gasteiger partial charge on any atom is -0.478 e. The highest BCUT2D eigenvalue weighted by molar-refractivity contribution is 5.97. The minimum atomic E-state index is -0.706. The van der Waals surface area contributed by atoms with Crippen LogP contribution in [0.4, 0.5) is 5.69 Å². The number of aromatic nitrogens is 1. The van der Waals surface area contributed by atoms with Gasteiger partial charge in [0.1, 0.15) is 5.60 Å². The van der Waals surface area contributed by atoms with Gasteiger partial charge in [0.2, 0.25) is 5.88 Å². The predicted molar refractivity (Wildman–Crippen MR) is 95.3 cm³/mol. The van der Waals surface area contributed by atoms with E-state index < -0.39 is 5.60 Å². The molecule has 0 spiro atoms. The molecule has 134 valence electrons. The van der Waals surface area contributed by atoms with Crippen molar-refractivity contribution in [1.82, 2.24) is 4.98 Å². The van der Waals surface area contributed by atoms with Gasteiger partial charge >= 0.3 is 0 Å². The molecule has 0 unspecified atom stereocenters. The van der Waals surface area contributed by atoms with Crippen LogP contribution in [0.3, 0.4) is 0 Å². The number of hydrogen-bond donors (Lipinski definition) is 1. The molecule has 1 fully saturated rings. The number of unbranched alkanes of at least 4 members (excludes halogenated alkanes) is 1. The molecule has 0 bridgehead atoms. The largest absolute Gasteiger partial charge is 0.478 e. The number of pyridine rings is 1. The molecule has 1 heterocycles. The Labute approximate surface area is 145 Å². The lowest BCUT2D eigenvalue weighted by Crippen LogP contribution is -2.48. The first kappa shape index (κ1) is 18.7. The van der Waals surface area contributed by atoms with E-state index in [1.165, 1.54) is 0 Å². The van der Waals surface area contributed by atoms with Crippen molar-refractivity contribution in [3.8, 4) is 5.88 Å². The van der Waals surface area contributed by atoms with Crippen LogP contribution in [0.1, 0.15) is 59.3 Å². The van der Waals surface area contributed by atoms with E-state index in [1.54, 1.807) is 12.3 Å². The first-order valence-electron chi connectivity index (χ1n) is 9.14. The fraction of sp³-hybridized carbons (Fsp3) is 0.684. The number of nitrogens with zero attached hydrogens (tertiary/aromatic N) is 1. The van der Waals surface area contributed by atoms with Crippen LogP contribution >= 0.6 is 0 Å². The summed E-state index contributed by atoms with van der Waals surface area (Å²) in [5.41, 5.74) is -0.0250. The van der Waals surface area contributed by atoms with Crippen LogP contribution in [-0.2, 0) is 9.53 Å². The summed E-state index contributed by atoms with van der Waals surface area (Å²) in [4.78, 5) is 17.1. The van der Waals surface area contributed by atoms with Crippen molar-refractivity contribution in [1.29, 1.82) is 0 Å². The van der Waals surface area contributed by atoms with Crippen molar-refractivity contribution in [3.63, 3.8) is 0 Å². The number of ether oxygens (including phenoxy) is 2. The molecular formula is C19H30N2O3. The van der Waals surface area contributed by atoms with Crippen LogP contribution in [0.25, 0.3) is 0 Å². The summed E-state index contributed by atoms with van der Waals surface area (Å²) in [6.45, 7) is 7.46. The lowest BCUT2D eigenvalue weighted by Gasteiger charge is -2.38. The van der Waals surface area contributed by atoms with Crippen LogP contribution in [0.15, 0.2) is 18.3 Å². The van der Waals surface area contributed by atoms with Gasteiger partial charge in [-0.15, -0.1) is 0 Å². The topological polar surface area (TPSA) is 60.5 Å². The fourth-order valence-corrected chi connectivity index (χ4v) is 3.29. The van der Waals surface area contributed by atoms with Gasteiger partial charge in [-0.05, 0) is 44.6 Å². The number of nitrogens with one attached hydrogen (secondary N) is 1. The molecule has 5 nitrogen and oxygen atoms in total. The van der Waals surface area contributed by atoms with Crippen molar-refractivity contribution >= 4 is 11.6 Å². The van der Waals surface area contributed by atoms with E-state index in [4.69, 9.17) is 9.47 Å². The lowest BCUT2D eigenvalue weighted by atomic mass is 9.78. The number of hydrogen-bond acceptors (Lipinski definition) is 4. The molecule has 2 rings (SSSR count). The maximum Gasteiger partial charge on any atom is 0.256 e. The molecule has 1 saturated carbocycles. The van der Waals surface area contributed by atoms with Gasteiger partial charge in [0, 0.05) is 12.7 Å². The quantitative estimate of drug-likeness (QED) is 0.724. The summed E-state index contributed by atoms with van der Waals surface area (Å²) >= 11 is 0. The van der Waals surface area contributed by atoms with Gasteiger partial charge in [-0.2, -0.15) is 0 Å². The summed E-state index contributed by atoms with van der Waals surface area (Å²) in [6.07, 6.45) is 7.48. The molecule has 1 aliphatic rings. The van der Waals surface area contributed by atoms with E-state index in [2.05, 4.69) is 24.1 Å². The summed E-state index contributed by atoms with van der Waals surface area (Å²) in [6, 6.07) is 3.63. The predicted octanol–water partition coefficient (Wildman–Crippen LogP) is 4.18. The minimum absolute atomic E-state index is 0.0580. The second kappa shape index (κ2) is 9.02. The van der Waals surface area contributed by atoms with Gasteiger partial charge in [0.05, 0.1) is 18.5 Å². The Kier molecular flexibility index (Phi) is 7.03. The summed E-state index contributed by atoms with van der Waals surface area (Å²) in [5.74, 6) is 1.04. The Morgan fingerprint density at radius 3 is 2.88 bits per heavy atom. The van der Waals surface area contributed by atoms with E-state index in [0.29, 0.717) is 30.7 Å². The molecule has 0 radical (unpaired) electrons. The molecule has 0 aromatic carbocycles.